The van der Waals surface area contributed by atoms with E-state index in [0.29, 0.717) is 10.1 Å². The zero-order chi connectivity index (χ0) is 21.3. The van der Waals surface area contributed by atoms with Crippen LogP contribution >= 0.6 is 23.4 Å². The summed E-state index contributed by atoms with van der Waals surface area (Å²) in [5, 5.41) is 0.768. The van der Waals surface area contributed by atoms with Crippen molar-refractivity contribution in [2.45, 2.75) is 13.8 Å². The van der Waals surface area contributed by atoms with Gasteiger partial charge in [0, 0.05) is 5.56 Å². The minimum Gasteiger partial charge on any atom is -0.268 e. The molecule has 0 aliphatic carbocycles. The first-order chi connectivity index (χ1) is 14.5. The van der Waals surface area contributed by atoms with Crippen LogP contribution in [0.2, 0.25) is 5.02 Å². The molecule has 1 aliphatic heterocycles. The summed E-state index contributed by atoms with van der Waals surface area (Å²) in [6.45, 7) is 3.91. The van der Waals surface area contributed by atoms with Gasteiger partial charge in [0.1, 0.15) is 5.82 Å². The summed E-state index contributed by atoms with van der Waals surface area (Å²) in [6, 6.07) is 19.8. The Balaban J connectivity index is 1.86. The molecule has 1 amide bonds. The van der Waals surface area contributed by atoms with Crippen molar-refractivity contribution in [1.82, 2.24) is 0 Å². The molecule has 6 heteroatoms. The Labute approximate surface area is 183 Å². The molecular weight excluding hydrogens is 419 g/mol. The lowest BCUT2D eigenvalue weighted by Gasteiger charge is -2.18. The topological polar surface area (TPSA) is 32.7 Å². The molecule has 0 aromatic heterocycles. The third-order valence-corrected chi connectivity index (χ3v) is 6.07. The van der Waals surface area contributed by atoms with Gasteiger partial charge in [-0.25, -0.2) is 9.38 Å². The van der Waals surface area contributed by atoms with Crippen LogP contribution in [0.4, 0.5) is 15.8 Å². The molecule has 0 atom stereocenters. The molecule has 4 rings (SSSR count). The first kappa shape index (κ1) is 20.4. The maximum atomic E-state index is 14.3. The number of anilines is 1. The monoisotopic (exact) mass is 436 g/mol. The number of hydrogen-bond acceptors (Lipinski definition) is 3. The van der Waals surface area contributed by atoms with Crippen LogP contribution in [-0.2, 0) is 4.79 Å². The Morgan fingerprint density at radius 3 is 2.37 bits per heavy atom. The van der Waals surface area contributed by atoms with E-state index >= 15 is 0 Å². The van der Waals surface area contributed by atoms with Gasteiger partial charge in [-0.3, -0.25) is 9.69 Å². The predicted octanol–water partition coefficient (Wildman–Crippen LogP) is 6.90. The Kier molecular flexibility index (Phi) is 5.75. The van der Waals surface area contributed by atoms with Crippen molar-refractivity contribution in [3.05, 3.63) is 99.2 Å². The average Bonchev–Trinajstić information content (AvgIpc) is 3.02. The highest BCUT2D eigenvalue weighted by atomic mass is 35.5. The van der Waals surface area contributed by atoms with Crippen molar-refractivity contribution < 1.29 is 9.18 Å². The van der Waals surface area contributed by atoms with Gasteiger partial charge in [0.2, 0.25) is 0 Å². The third kappa shape index (κ3) is 3.91. The number of amides is 1. The molecule has 0 saturated carbocycles. The molecule has 150 valence electrons. The summed E-state index contributed by atoms with van der Waals surface area (Å²) in [5.41, 5.74) is 3.64. The van der Waals surface area contributed by atoms with Crippen LogP contribution in [0.1, 0.15) is 16.7 Å². The van der Waals surface area contributed by atoms with Crippen LogP contribution < -0.4 is 4.90 Å². The van der Waals surface area contributed by atoms with E-state index in [2.05, 4.69) is 0 Å². The van der Waals surface area contributed by atoms with E-state index in [0.717, 1.165) is 22.5 Å². The van der Waals surface area contributed by atoms with Crippen molar-refractivity contribution in [2.75, 3.05) is 4.90 Å². The molecule has 3 nitrogen and oxygen atoms in total. The largest absolute Gasteiger partial charge is 0.271 e. The number of aryl methyl sites for hydroxylation is 2. The van der Waals surface area contributed by atoms with E-state index in [1.807, 2.05) is 62.4 Å². The number of benzene rings is 3. The van der Waals surface area contributed by atoms with Gasteiger partial charge in [-0.15, -0.1) is 0 Å². The van der Waals surface area contributed by atoms with E-state index in [1.165, 1.54) is 30.0 Å². The minimum atomic E-state index is -0.477. The lowest BCUT2D eigenvalue weighted by molar-refractivity contribution is -0.113. The maximum absolute atomic E-state index is 14.3. The number of hydrogen-bond donors (Lipinski definition) is 0. The zero-order valence-corrected chi connectivity index (χ0v) is 18.0. The normalized spacial score (nSPS) is 16.7. The van der Waals surface area contributed by atoms with Crippen LogP contribution in [0.15, 0.2) is 76.6 Å². The Bertz CT molecular complexity index is 1190. The fourth-order valence-corrected chi connectivity index (χ4v) is 4.33. The number of carbonyl (C=O) groups excluding carboxylic acids is 1. The van der Waals surface area contributed by atoms with E-state index in [9.17, 15) is 9.18 Å². The predicted molar refractivity (Wildman–Crippen MR) is 124 cm³/mol. The van der Waals surface area contributed by atoms with Gasteiger partial charge in [-0.1, -0.05) is 54.1 Å². The third-order valence-electron chi connectivity index (χ3n) is 4.77. The smallest absolute Gasteiger partial charge is 0.268 e. The van der Waals surface area contributed by atoms with E-state index in [1.54, 1.807) is 11.0 Å². The molecule has 3 aromatic carbocycles. The number of nitrogens with zero attached hydrogens (tertiary/aromatic N) is 2. The molecule has 0 N–H and O–H groups in total. The van der Waals surface area contributed by atoms with Crippen molar-refractivity contribution >= 4 is 51.9 Å². The molecule has 30 heavy (non-hydrogen) atoms. The Morgan fingerprint density at radius 2 is 1.67 bits per heavy atom. The number of para-hydroxylation sites is 2. The lowest BCUT2D eigenvalue weighted by Crippen LogP contribution is -2.29. The fourth-order valence-electron chi connectivity index (χ4n) is 3.15. The summed E-state index contributed by atoms with van der Waals surface area (Å²) in [5.74, 6) is -0.740. The highest BCUT2D eigenvalue weighted by Gasteiger charge is 2.35. The number of thioether (sulfide) groups is 1. The number of carbonyl (C=O) groups is 1. The van der Waals surface area contributed by atoms with Gasteiger partial charge in [0.15, 0.2) is 5.17 Å². The number of halogens is 2. The first-order valence-corrected chi connectivity index (χ1v) is 10.5. The summed E-state index contributed by atoms with van der Waals surface area (Å²) in [4.78, 5) is 20.1. The van der Waals surface area contributed by atoms with Gasteiger partial charge in [0.25, 0.3) is 5.91 Å². The second-order valence-electron chi connectivity index (χ2n) is 6.85. The molecule has 1 fully saturated rings. The highest BCUT2D eigenvalue weighted by Crippen LogP contribution is 2.39. The fraction of sp³-hybridized carbons (Fsp3) is 0.0833. The van der Waals surface area contributed by atoms with Crippen molar-refractivity contribution in [3.63, 3.8) is 0 Å². The van der Waals surface area contributed by atoms with Crippen LogP contribution in [-0.4, -0.2) is 11.1 Å². The van der Waals surface area contributed by atoms with Crippen molar-refractivity contribution in [2.24, 2.45) is 4.99 Å². The summed E-state index contributed by atoms with van der Waals surface area (Å²) < 4.78 is 14.3. The van der Waals surface area contributed by atoms with Crippen LogP contribution in [0.3, 0.4) is 0 Å². The lowest BCUT2D eigenvalue weighted by atomic mass is 10.1. The standard InChI is InChI=1S/C24H18ClFN2OS/c1-15-8-3-5-12-20(15)27-24-28(21-13-6-4-9-16(21)2)23(29)22(30-24)14-17-18(25)10-7-11-19(17)26/h3-14H,1-2H3. The van der Waals surface area contributed by atoms with Crippen LogP contribution in [0, 0.1) is 19.7 Å². The van der Waals surface area contributed by atoms with Gasteiger partial charge in [-0.05, 0) is 67.1 Å². The van der Waals surface area contributed by atoms with E-state index < -0.39 is 5.82 Å². The molecule has 0 bridgehead atoms. The highest BCUT2D eigenvalue weighted by molar-refractivity contribution is 8.19. The zero-order valence-electron chi connectivity index (χ0n) is 16.4. The molecule has 1 aliphatic rings. The average molecular weight is 437 g/mol. The molecule has 1 saturated heterocycles. The number of rotatable bonds is 3. The molecular formula is C24H18ClFN2OS. The van der Waals surface area contributed by atoms with Gasteiger partial charge in [-0.2, -0.15) is 0 Å². The van der Waals surface area contributed by atoms with Gasteiger partial charge in [0.05, 0.1) is 21.3 Å². The second kappa shape index (κ2) is 8.46. The van der Waals surface area contributed by atoms with Crippen LogP contribution in [0.25, 0.3) is 6.08 Å². The molecule has 3 aromatic rings. The van der Waals surface area contributed by atoms with Gasteiger partial charge >= 0.3 is 0 Å². The first-order valence-electron chi connectivity index (χ1n) is 9.33. The van der Waals surface area contributed by atoms with E-state index in [-0.39, 0.29) is 16.5 Å². The molecule has 0 unspecified atom stereocenters. The van der Waals surface area contributed by atoms with Crippen molar-refractivity contribution in [3.8, 4) is 0 Å². The van der Waals surface area contributed by atoms with E-state index in [4.69, 9.17) is 16.6 Å². The minimum absolute atomic E-state index is 0.192. The van der Waals surface area contributed by atoms with Crippen molar-refractivity contribution in [1.29, 1.82) is 0 Å². The number of amidine groups is 1. The summed E-state index contributed by atoms with van der Waals surface area (Å²) in [7, 11) is 0. The van der Waals surface area contributed by atoms with Gasteiger partial charge < -0.3 is 0 Å². The Hall–Kier alpha value is -2.89. The summed E-state index contributed by atoms with van der Waals surface area (Å²) >= 11 is 7.38. The molecule has 0 spiro atoms. The molecule has 1 heterocycles. The maximum Gasteiger partial charge on any atom is 0.271 e. The van der Waals surface area contributed by atoms with Crippen LogP contribution in [0.5, 0.6) is 0 Å². The second-order valence-corrected chi connectivity index (χ2v) is 8.27. The number of aliphatic imine (C=N–C) groups is 1. The quantitative estimate of drug-likeness (QED) is 0.418. The Morgan fingerprint density at radius 1 is 0.967 bits per heavy atom. The summed E-state index contributed by atoms with van der Waals surface area (Å²) in [6.07, 6.45) is 1.50. The molecule has 0 radical (unpaired) electrons. The SMILES string of the molecule is Cc1ccccc1N=C1SC(=Cc2c(F)cccc2Cl)C(=O)N1c1ccccc1C.